The lowest BCUT2D eigenvalue weighted by molar-refractivity contribution is -0.138. The minimum atomic E-state index is -4.43. The summed E-state index contributed by atoms with van der Waals surface area (Å²) >= 11 is 5.31. The highest BCUT2D eigenvalue weighted by molar-refractivity contribution is 6.25. The first-order valence-electron chi connectivity index (χ1n) is 6.32. The first kappa shape index (κ1) is 15.2. The lowest BCUT2D eigenvalue weighted by atomic mass is 10.1. The number of hydrogen-bond donors (Lipinski definition) is 1. The molecule has 0 aromatic heterocycles. The Balaban J connectivity index is 2.13. The molecule has 1 aliphatic rings. The Morgan fingerprint density at radius 2 is 2.10 bits per heavy atom. The van der Waals surface area contributed by atoms with Crippen LogP contribution in [-0.4, -0.2) is 12.6 Å². The van der Waals surface area contributed by atoms with Gasteiger partial charge in [0.1, 0.15) is 12.4 Å². The average molecular weight is 306 g/mol. The molecule has 0 aliphatic heterocycles. The van der Waals surface area contributed by atoms with Gasteiger partial charge in [-0.2, -0.15) is 13.2 Å². The highest BCUT2D eigenvalue weighted by Gasteiger charge is 2.34. The zero-order valence-electron chi connectivity index (χ0n) is 10.7. The Morgan fingerprint density at radius 3 is 2.70 bits per heavy atom. The minimum Gasteiger partial charge on any atom is -0.489 e. The summed E-state index contributed by atoms with van der Waals surface area (Å²) in [5.74, 6) is -0.178. The van der Waals surface area contributed by atoms with Crippen LogP contribution in [0.1, 0.15) is 24.0 Å². The van der Waals surface area contributed by atoms with Crippen molar-refractivity contribution in [1.82, 2.24) is 5.32 Å². The van der Waals surface area contributed by atoms with Gasteiger partial charge in [0.25, 0.3) is 0 Å². The molecule has 0 atom stereocenters. The van der Waals surface area contributed by atoms with Crippen LogP contribution in [0.3, 0.4) is 0 Å². The quantitative estimate of drug-likeness (QED) is 0.855. The summed E-state index contributed by atoms with van der Waals surface area (Å²) in [6.45, 7) is 0.446. The first-order chi connectivity index (χ1) is 9.50. The number of rotatable bonds is 6. The van der Waals surface area contributed by atoms with E-state index in [2.05, 4.69) is 5.32 Å². The Bertz CT molecular complexity index is 484. The maximum absolute atomic E-state index is 13.0. The van der Waals surface area contributed by atoms with E-state index in [0.29, 0.717) is 18.2 Å². The zero-order chi connectivity index (χ0) is 14.6. The van der Waals surface area contributed by atoms with Crippen molar-refractivity contribution < 1.29 is 17.9 Å². The van der Waals surface area contributed by atoms with Gasteiger partial charge < -0.3 is 10.1 Å². The summed E-state index contributed by atoms with van der Waals surface area (Å²) in [5, 5.41) is 3.19. The number of hydrogen-bond acceptors (Lipinski definition) is 2. The lowest BCUT2D eigenvalue weighted by Crippen LogP contribution is -2.16. The molecule has 0 saturated heterocycles. The fourth-order valence-corrected chi connectivity index (χ4v) is 1.83. The van der Waals surface area contributed by atoms with Crippen LogP contribution in [0.5, 0.6) is 5.75 Å². The van der Waals surface area contributed by atoms with Crippen LogP contribution < -0.4 is 10.1 Å². The summed E-state index contributed by atoms with van der Waals surface area (Å²) < 4.78 is 44.1. The Kier molecular flexibility index (Phi) is 4.94. The van der Waals surface area contributed by atoms with Crippen LogP contribution >= 0.6 is 11.6 Å². The standard InChI is InChI=1S/C14H15ClF3NO/c15-6-1-7-20-13-5-2-10(9-19-11-3-4-11)8-12(13)14(16,17)18/h1-2,5-6,8,11,19H,3-4,7,9H2. The molecule has 0 heterocycles. The van der Waals surface area contributed by atoms with Gasteiger partial charge in [-0.25, -0.2) is 0 Å². The molecule has 2 nitrogen and oxygen atoms in total. The Hall–Kier alpha value is -1.20. The monoisotopic (exact) mass is 305 g/mol. The number of ether oxygens (including phenoxy) is 1. The molecule has 1 aliphatic carbocycles. The normalized spacial score (nSPS) is 15.8. The van der Waals surface area contributed by atoms with Crippen molar-refractivity contribution in [3.8, 4) is 5.75 Å². The second-order valence-electron chi connectivity index (χ2n) is 4.66. The predicted molar refractivity (Wildman–Crippen MR) is 71.8 cm³/mol. The molecule has 0 unspecified atom stereocenters. The molecule has 0 amide bonds. The number of alkyl halides is 3. The van der Waals surface area contributed by atoms with E-state index in [-0.39, 0.29) is 12.4 Å². The van der Waals surface area contributed by atoms with E-state index in [4.69, 9.17) is 16.3 Å². The van der Waals surface area contributed by atoms with E-state index in [1.54, 1.807) is 6.07 Å². The first-order valence-corrected chi connectivity index (χ1v) is 6.76. The summed E-state index contributed by atoms with van der Waals surface area (Å²) in [5.41, 5.74) is 1.06. The van der Waals surface area contributed by atoms with Crippen molar-refractivity contribution >= 4 is 11.6 Å². The molecule has 1 aromatic carbocycles. The van der Waals surface area contributed by atoms with Gasteiger partial charge in [-0.15, -0.1) is 0 Å². The fourth-order valence-electron chi connectivity index (χ4n) is 1.76. The number of nitrogens with one attached hydrogen (secondary N) is 1. The van der Waals surface area contributed by atoms with Gasteiger partial charge in [0.2, 0.25) is 0 Å². The van der Waals surface area contributed by atoms with Crippen LogP contribution in [0.4, 0.5) is 13.2 Å². The van der Waals surface area contributed by atoms with Gasteiger partial charge in [0.15, 0.2) is 0 Å². The predicted octanol–water partition coefficient (Wildman–Crippen LogP) is 4.09. The zero-order valence-corrected chi connectivity index (χ0v) is 11.5. The van der Waals surface area contributed by atoms with Crippen molar-refractivity contribution in [3.63, 3.8) is 0 Å². The van der Waals surface area contributed by atoms with Gasteiger partial charge in [0, 0.05) is 18.1 Å². The molecule has 1 saturated carbocycles. The third-order valence-corrected chi connectivity index (χ3v) is 3.12. The number of halogens is 4. The van der Waals surface area contributed by atoms with E-state index in [1.807, 2.05) is 0 Å². The molecule has 0 spiro atoms. The van der Waals surface area contributed by atoms with E-state index in [9.17, 15) is 13.2 Å². The van der Waals surface area contributed by atoms with E-state index in [1.165, 1.54) is 17.7 Å². The third kappa shape index (κ3) is 4.42. The van der Waals surface area contributed by atoms with Gasteiger partial charge in [-0.3, -0.25) is 0 Å². The molecule has 1 fully saturated rings. The van der Waals surface area contributed by atoms with Crippen LogP contribution in [0.25, 0.3) is 0 Å². The highest BCUT2D eigenvalue weighted by atomic mass is 35.5. The van der Waals surface area contributed by atoms with Crippen LogP contribution in [0.15, 0.2) is 29.8 Å². The van der Waals surface area contributed by atoms with Crippen LogP contribution in [0, 0.1) is 0 Å². The molecule has 1 N–H and O–H groups in total. The summed E-state index contributed by atoms with van der Waals surface area (Å²) in [4.78, 5) is 0. The Morgan fingerprint density at radius 1 is 1.35 bits per heavy atom. The van der Waals surface area contributed by atoms with Crippen molar-refractivity contribution in [3.05, 3.63) is 40.9 Å². The molecular formula is C14H15ClF3NO. The average Bonchev–Trinajstić information content (AvgIpc) is 3.20. The van der Waals surface area contributed by atoms with Crippen molar-refractivity contribution in [2.24, 2.45) is 0 Å². The van der Waals surface area contributed by atoms with Crippen LogP contribution in [-0.2, 0) is 12.7 Å². The van der Waals surface area contributed by atoms with Crippen molar-refractivity contribution in [2.75, 3.05) is 6.61 Å². The highest BCUT2D eigenvalue weighted by Crippen LogP contribution is 2.37. The van der Waals surface area contributed by atoms with Crippen LogP contribution in [0.2, 0.25) is 0 Å². The van der Waals surface area contributed by atoms with E-state index < -0.39 is 11.7 Å². The lowest BCUT2D eigenvalue weighted by Gasteiger charge is -2.15. The molecule has 110 valence electrons. The Labute approximate surface area is 120 Å². The summed E-state index contributed by atoms with van der Waals surface area (Å²) in [6, 6.07) is 4.59. The largest absolute Gasteiger partial charge is 0.489 e. The topological polar surface area (TPSA) is 21.3 Å². The van der Waals surface area contributed by atoms with E-state index in [0.717, 1.165) is 18.9 Å². The van der Waals surface area contributed by atoms with E-state index >= 15 is 0 Å². The second-order valence-corrected chi connectivity index (χ2v) is 4.91. The summed E-state index contributed by atoms with van der Waals surface area (Å²) in [7, 11) is 0. The molecular weight excluding hydrogens is 291 g/mol. The molecule has 1 aromatic rings. The smallest absolute Gasteiger partial charge is 0.419 e. The maximum atomic E-state index is 13.0. The van der Waals surface area contributed by atoms with Crippen molar-refractivity contribution in [1.29, 1.82) is 0 Å². The molecule has 0 radical (unpaired) electrons. The SMILES string of the molecule is FC(F)(F)c1cc(CNC2CC2)ccc1OCC=CCl. The molecule has 2 rings (SSSR count). The van der Waals surface area contributed by atoms with Gasteiger partial charge in [0.05, 0.1) is 5.56 Å². The molecule has 6 heteroatoms. The minimum absolute atomic E-state index is 0.00620. The maximum Gasteiger partial charge on any atom is 0.419 e. The number of benzene rings is 1. The van der Waals surface area contributed by atoms with Gasteiger partial charge in [-0.05, 0) is 36.6 Å². The molecule has 0 bridgehead atoms. The third-order valence-electron chi connectivity index (χ3n) is 2.95. The van der Waals surface area contributed by atoms with Gasteiger partial charge in [-0.1, -0.05) is 17.7 Å². The van der Waals surface area contributed by atoms with Gasteiger partial charge >= 0.3 is 6.18 Å². The second kappa shape index (κ2) is 6.50. The van der Waals surface area contributed by atoms with Crippen molar-refractivity contribution in [2.45, 2.75) is 31.6 Å². The summed E-state index contributed by atoms with van der Waals surface area (Å²) in [6.07, 6.45) is -0.809. The molecule has 20 heavy (non-hydrogen) atoms. The fraction of sp³-hybridized carbons (Fsp3) is 0.429.